The van der Waals surface area contributed by atoms with Crippen molar-refractivity contribution in [3.05, 3.63) is 24.0 Å². The van der Waals surface area contributed by atoms with E-state index in [9.17, 15) is 4.79 Å². The van der Waals surface area contributed by atoms with Crippen molar-refractivity contribution in [2.45, 2.75) is 32.2 Å². The fourth-order valence-corrected chi connectivity index (χ4v) is 1.91. The van der Waals surface area contributed by atoms with E-state index in [1.807, 2.05) is 19.1 Å². The van der Waals surface area contributed by atoms with E-state index in [4.69, 9.17) is 0 Å². The predicted molar refractivity (Wildman–Crippen MR) is 70.5 cm³/mol. The van der Waals surface area contributed by atoms with Gasteiger partial charge in [-0.25, -0.2) is 0 Å². The highest BCUT2D eigenvalue weighted by molar-refractivity contribution is 5.90. The van der Waals surface area contributed by atoms with E-state index in [2.05, 4.69) is 15.6 Å². The molecule has 4 nitrogen and oxygen atoms in total. The van der Waals surface area contributed by atoms with Gasteiger partial charge in [0.15, 0.2) is 0 Å². The van der Waals surface area contributed by atoms with Crippen molar-refractivity contribution in [3.63, 3.8) is 0 Å². The second-order valence-corrected chi connectivity index (χ2v) is 4.23. The van der Waals surface area contributed by atoms with E-state index < -0.39 is 0 Å². The van der Waals surface area contributed by atoms with Crippen molar-refractivity contribution in [1.29, 1.82) is 0 Å². The van der Waals surface area contributed by atoms with Crippen LogP contribution in [0.25, 0.3) is 0 Å². The van der Waals surface area contributed by atoms with Gasteiger partial charge in [-0.05, 0) is 38.4 Å². The Morgan fingerprint density at radius 1 is 1.59 bits per heavy atom. The number of pyridine rings is 1. The van der Waals surface area contributed by atoms with Gasteiger partial charge in [0.05, 0.1) is 11.9 Å². The molecule has 1 fully saturated rings. The minimum absolute atomic E-state index is 0. The summed E-state index contributed by atoms with van der Waals surface area (Å²) in [4.78, 5) is 15.8. The largest absolute Gasteiger partial charge is 0.325 e. The smallest absolute Gasteiger partial charge is 0.225 e. The summed E-state index contributed by atoms with van der Waals surface area (Å²) in [5.74, 6) is 0.0602. The van der Waals surface area contributed by atoms with Gasteiger partial charge in [-0.15, -0.1) is 12.4 Å². The molecule has 1 aliphatic heterocycles. The predicted octanol–water partition coefficient (Wildman–Crippen LogP) is 1.89. The molecule has 2 N–H and O–H groups in total. The second-order valence-electron chi connectivity index (χ2n) is 4.23. The van der Waals surface area contributed by atoms with Crippen LogP contribution in [0.4, 0.5) is 5.69 Å². The van der Waals surface area contributed by atoms with E-state index in [1.54, 1.807) is 6.20 Å². The lowest BCUT2D eigenvalue weighted by Crippen LogP contribution is -2.27. The number of hydrogen-bond donors (Lipinski definition) is 2. The number of carbonyl (C=O) groups excluding carboxylic acids is 1. The average Bonchev–Trinajstić information content (AvgIpc) is 2.74. The lowest BCUT2D eigenvalue weighted by molar-refractivity contribution is -0.116. The van der Waals surface area contributed by atoms with Crippen LogP contribution in [-0.2, 0) is 4.79 Å². The van der Waals surface area contributed by atoms with Crippen LogP contribution in [0.1, 0.15) is 25.0 Å². The summed E-state index contributed by atoms with van der Waals surface area (Å²) in [7, 11) is 0. The molecule has 0 bridgehead atoms. The zero-order valence-corrected chi connectivity index (χ0v) is 10.7. The molecular formula is C12H18ClN3O. The highest BCUT2D eigenvalue weighted by Gasteiger charge is 2.17. The SMILES string of the molecule is Cc1ccc(NC(=O)CC2CCCN2)cn1.Cl. The minimum Gasteiger partial charge on any atom is -0.325 e. The summed E-state index contributed by atoms with van der Waals surface area (Å²) in [5.41, 5.74) is 1.73. The number of aromatic nitrogens is 1. The van der Waals surface area contributed by atoms with Gasteiger partial charge in [0.2, 0.25) is 5.91 Å². The fraction of sp³-hybridized carbons (Fsp3) is 0.500. The molecule has 0 saturated carbocycles. The Kier molecular flexibility index (Phi) is 5.38. The molecule has 2 rings (SSSR count). The summed E-state index contributed by atoms with van der Waals surface area (Å²) in [6, 6.07) is 4.12. The quantitative estimate of drug-likeness (QED) is 0.867. The maximum Gasteiger partial charge on any atom is 0.225 e. The first-order valence-electron chi connectivity index (χ1n) is 5.70. The van der Waals surface area contributed by atoms with E-state index in [0.717, 1.165) is 24.3 Å². The Hall–Kier alpha value is -1.13. The van der Waals surface area contributed by atoms with Gasteiger partial charge >= 0.3 is 0 Å². The van der Waals surface area contributed by atoms with Crippen LogP contribution in [0.3, 0.4) is 0 Å². The first kappa shape index (κ1) is 13.9. The van der Waals surface area contributed by atoms with E-state index >= 15 is 0 Å². The number of carbonyl (C=O) groups is 1. The molecule has 0 aliphatic carbocycles. The molecule has 1 atom stereocenters. The van der Waals surface area contributed by atoms with Crippen LogP contribution in [0.5, 0.6) is 0 Å². The lowest BCUT2D eigenvalue weighted by atomic mass is 10.1. The first-order chi connectivity index (χ1) is 7.74. The highest BCUT2D eigenvalue weighted by Crippen LogP contribution is 2.11. The normalized spacial score (nSPS) is 18.5. The third-order valence-electron chi connectivity index (χ3n) is 2.79. The van der Waals surface area contributed by atoms with Crippen molar-refractivity contribution in [2.24, 2.45) is 0 Å². The highest BCUT2D eigenvalue weighted by atomic mass is 35.5. The number of amides is 1. The molecule has 1 aromatic heterocycles. The molecular weight excluding hydrogens is 238 g/mol. The molecule has 94 valence electrons. The minimum atomic E-state index is 0. The Bertz CT molecular complexity index is 361. The Morgan fingerprint density at radius 2 is 2.41 bits per heavy atom. The molecule has 0 radical (unpaired) electrons. The van der Waals surface area contributed by atoms with Gasteiger partial charge in [-0.3, -0.25) is 9.78 Å². The number of aryl methyl sites for hydroxylation is 1. The van der Waals surface area contributed by atoms with Crippen molar-refractivity contribution in [3.8, 4) is 0 Å². The first-order valence-corrected chi connectivity index (χ1v) is 5.70. The van der Waals surface area contributed by atoms with E-state index in [0.29, 0.717) is 12.5 Å². The van der Waals surface area contributed by atoms with Crippen LogP contribution < -0.4 is 10.6 Å². The van der Waals surface area contributed by atoms with Gasteiger partial charge in [0.1, 0.15) is 0 Å². The maximum atomic E-state index is 11.7. The fourth-order valence-electron chi connectivity index (χ4n) is 1.91. The van der Waals surface area contributed by atoms with Crippen LogP contribution >= 0.6 is 12.4 Å². The van der Waals surface area contributed by atoms with E-state index in [1.165, 1.54) is 6.42 Å². The number of anilines is 1. The maximum absolute atomic E-state index is 11.7. The summed E-state index contributed by atoms with van der Waals surface area (Å²) >= 11 is 0. The third kappa shape index (κ3) is 4.32. The van der Waals surface area contributed by atoms with Gasteiger partial charge in [0.25, 0.3) is 0 Å². The van der Waals surface area contributed by atoms with Crippen LogP contribution in [0.2, 0.25) is 0 Å². The topological polar surface area (TPSA) is 54.0 Å². The van der Waals surface area contributed by atoms with Crippen LogP contribution in [-0.4, -0.2) is 23.5 Å². The lowest BCUT2D eigenvalue weighted by Gasteiger charge is -2.10. The van der Waals surface area contributed by atoms with Crippen molar-refractivity contribution >= 4 is 24.0 Å². The molecule has 1 aliphatic rings. The van der Waals surface area contributed by atoms with Gasteiger partial charge in [0, 0.05) is 18.2 Å². The van der Waals surface area contributed by atoms with Crippen molar-refractivity contribution in [1.82, 2.24) is 10.3 Å². The Morgan fingerprint density at radius 3 is 3.00 bits per heavy atom. The Balaban J connectivity index is 0.00000144. The van der Waals surface area contributed by atoms with Crippen LogP contribution in [0, 0.1) is 6.92 Å². The molecule has 0 aromatic carbocycles. The molecule has 0 spiro atoms. The molecule has 2 heterocycles. The van der Waals surface area contributed by atoms with Gasteiger partial charge < -0.3 is 10.6 Å². The van der Waals surface area contributed by atoms with Crippen molar-refractivity contribution in [2.75, 3.05) is 11.9 Å². The standard InChI is InChI=1S/C12H17N3O.ClH/c1-9-4-5-11(8-14-9)15-12(16)7-10-3-2-6-13-10;/h4-5,8,10,13H,2-3,6-7H2,1H3,(H,15,16);1H. The zero-order valence-electron chi connectivity index (χ0n) is 9.90. The number of nitrogens with one attached hydrogen (secondary N) is 2. The zero-order chi connectivity index (χ0) is 11.4. The average molecular weight is 256 g/mol. The monoisotopic (exact) mass is 255 g/mol. The number of halogens is 1. The molecule has 17 heavy (non-hydrogen) atoms. The third-order valence-corrected chi connectivity index (χ3v) is 2.79. The Labute approximate surface area is 108 Å². The summed E-state index contributed by atoms with van der Waals surface area (Å²) in [6.45, 7) is 2.96. The summed E-state index contributed by atoms with van der Waals surface area (Å²) in [5, 5.41) is 6.16. The van der Waals surface area contributed by atoms with Crippen molar-refractivity contribution < 1.29 is 4.79 Å². The summed E-state index contributed by atoms with van der Waals surface area (Å²) < 4.78 is 0. The molecule has 1 saturated heterocycles. The number of rotatable bonds is 3. The molecule has 1 unspecified atom stereocenters. The van der Waals surface area contributed by atoms with Crippen LogP contribution in [0.15, 0.2) is 18.3 Å². The number of hydrogen-bond acceptors (Lipinski definition) is 3. The van der Waals surface area contributed by atoms with Gasteiger partial charge in [-0.1, -0.05) is 0 Å². The summed E-state index contributed by atoms with van der Waals surface area (Å²) in [6.07, 6.45) is 4.51. The second kappa shape index (κ2) is 6.57. The number of nitrogens with zero attached hydrogens (tertiary/aromatic N) is 1. The van der Waals surface area contributed by atoms with Gasteiger partial charge in [-0.2, -0.15) is 0 Å². The molecule has 1 aromatic rings. The molecule has 5 heteroatoms. The molecule has 1 amide bonds. The van der Waals surface area contributed by atoms with E-state index in [-0.39, 0.29) is 18.3 Å².